The highest BCUT2D eigenvalue weighted by Crippen LogP contribution is 2.17. The van der Waals surface area contributed by atoms with Gasteiger partial charge in [-0.3, -0.25) is 4.79 Å². The largest absolute Gasteiger partial charge is 0.394 e. The standard InChI is InChI=1S/C53H99NO3/c1-3-5-7-9-11-13-15-17-19-21-22-23-24-25-26-27-28-29-30-31-33-34-36-38-40-42-44-46-48-52(56)51(50-55)54-53(57)49-47-45-43-41-39-37-35-32-20-18-16-14-12-10-8-6-4-2/h6,8,12,14,18,20,35,37,51-52,55-56H,3-5,7,9-11,13,15-17,19,21-34,36,38-50H2,1-2H3,(H,54,57)/b8-6-,14-12-,20-18-,37-35-. The predicted octanol–water partition coefficient (Wildman–Crippen LogP) is 16.3. The Labute approximate surface area is 356 Å². The van der Waals surface area contributed by atoms with E-state index < -0.39 is 12.1 Å². The first-order chi connectivity index (χ1) is 28.2. The van der Waals surface area contributed by atoms with E-state index in [9.17, 15) is 15.0 Å². The lowest BCUT2D eigenvalue weighted by Crippen LogP contribution is -2.45. The number of aliphatic hydroxyl groups excluding tert-OH is 2. The van der Waals surface area contributed by atoms with Gasteiger partial charge in [0, 0.05) is 6.42 Å². The van der Waals surface area contributed by atoms with E-state index in [0.29, 0.717) is 12.8 Å². The maximum absolute atomic E-state index is 12.4. The fourth-order valence-corrected chi connectivity index (χ4v) is 7.77. The third-order valence-electron chi connectivity index (χ3n) is 11.6. The van der Waals surface area contributed by atoms with E-state index in [0.717, 1.165) is 70.6 Å². The number of unbranched alkanes of at least 4 members (excludes halogenated alkanes) is 31. The van der Waals surface area contributed by atoms with Gasteiger partial charge in [-0.1, -0.05) is 255 Å². The Morgan fingerprint density at radius 3 is 1.16 bits per heavy atom. The van der Waals surface area contributed by atoms with Gasteiger partial charge in [0.05, 0.1) is 18.8 Å². The SMILES string of the molecule is CC/C=C\C/C=C\C/C=C\C/C=C\CCCCCCC(=O)NC(CO)C(O)CCCCCCCCCCCCCCCCCCCCCCCCCCCCCC. The molecule has 0 aromatic carbocycles. The topological polar surface area (TPSA) is 69.6 Å². The van der Waals surface area contributed by atoms with E-state index in [1.807, 2.05) is 0 Å². The molecule has 0 aromatic rings. The molecule has 2 unspecified atom stereocenters. The van der Waals surface area contributed by atoms with Gasteiger partial charge < -0.3 is 15.5 Å². The van der Waals surface area contributed by atoms with E-state index in [1.54, 1.807) is 0 Å². The van der Waals surface area contributed by atoms with Crippen molar-refractivity contribution in [2.75, 3.05) is 6.61 Å². The van der Waals surface area contributed by atoms with E-state index in [4.69, 9.17) is 0 Å². The lowest BCUT2D eigenvalue weighted by atomic mass is 10.0. The van der Waals surface area contributed by atoms with Crippen LogP contribution in [0, 0.1) is 0 Å². The minimum absolute atomic E-state index is 0.0533. The smallest absolute Gasteiger partial charge is 0.220 e. The monoisotopic (exact) mass is 798 g/mol. The summed E-state index contributed by atoms with van der Waals surface area (Å²) in [6.45, 7) is 4.25. The number of hydrogen-bond acceptors (Lipinski definition) is 3. The number of aliphatic hydroxyl groups is 2. The van der Waals surface area contributed by atoms with Gasteiger partial charge in [-0.15, -0.1) is 0 Å². The van der Waals surface area contributed by atoms with Crippen LogP contribution in [0.2, 0.25) is 0 Å². The average molecular weight is 798 g/mol. The molecule has 0 saturated heterocycles. The molecule has 0 fully saturated rings. The van der Waals surface area contributed by atoms with E-state index in [-0.39, 0.29) is 12.5 Å². The number of hydrogen-bond donors (Lipinski definition) is 3. The first-order valence-corrected chi connectivity index (χ1v) is 25.3. The first kappa shape index (κ1) is 55.4. The summed E-state index contributed by atoms with van der Waals surface area (Å²) in [5.74, 6) is -0.0533. The molecule has 334 valence electrons. The Balaban J connectivity index is 3.47. The molecule has 0 rings (SSSR count). The number of amides is 1. The molecule has 0 bridgehead atoms. The minimum Gasteiger partial charge on any atom is -0.394 e. The van der Waals surface area contributed by atoms with Crippen LogP contribution in [0.1, 0.15) is 264 Å². The maximum Gasteiger partial charge on any atom is 0.220 e. The molecule has 0 heterocycles. The second-order valence-electron chi connectivity index (χ2n) is 17.2. The zero-order valence-corrected chi connectivity index (χ0v) is 38.4. The molecule has 4 heteroatoms. The fourth-order valence-electron chi connectivity index (χ4n) is 7.77. The van der Waals surface area contributed by atoms with Crippen molar-refractivity contribution in [3.63, 3.8) is 0 Å². The van der Waals surface area contributed by atoms with Crippen LogP contribution in [0.3, 0.4) is 0 Å². The molecule has 57 heavy (non-hydrogen) atoms. The van der Waals surface area contributed by atoms with Crippen LogP contribution in [0.4, 0.5) is 0 Å². The summed E-state index contributed by atoms with van der Waals surface area (Å²) < 4.78 is 0. The Hall–Kier alpha value is -1.65. The molecule has 3 N–H and O–H groups in total. The quantitative estimate of drug-likeness (QED) is 0.0424. The van der Waals surface area contributed by atoms with Crippen LogP contribution in [0.5, 0.6) is 0 Å². The van der Waals surface area contributed by atoms with Crippen molar-refractivity contribution in [1.82, 2.24) is 5.32 Å². The summed E-state index contributed by atoms with van der Waals surface area (Å²) in [6.07, 6.45) is 66.5. The van der Waals surface area contributed by atoms with Gasteiger partial charge in [-0.25, -0.2) is 0 Å². The van der Waals surface area contributed by atoms with Crippen molar-refractivity contribution < 1.29 is 15.0 Å². The summed E-state index contributed by atoms with van der Waals surface area (Å²) in [6, 6.07) is -0.551. The zero-order chi connectivity index (χ0) is 41.4. The summed E-state index contributed by atoms with van der Waals surface area (Å²) in [4.78, 5) is 12.4. The Bertz CT molecular complexity index is 908. The number of carbonyl (C=O) groups is 1. The highest BCUT2D eigenvalue weighted by Gasteiger charge is 2.20. The second kappa shape index (κ2) is 48.7. The van der Waals surface area contributed by atoms with E-state index in [1.165, 1.54) is 167 Å². The molecular formula is C53H99NO3. The summed E-state index contributed by atoms with van der Waals surface area (Å²) in [5.41, 5.74) is 0. The van der Waals surface area contributed by atoms with Gasteiger partial charge in [-0.05, 0) is 51.4 Å². The van der Waals surface area contributed by atoms with Crippen molar-refractivity contribution in [3.05, 3.63) is 48.6 Å². The first-order valence-electron chi connectivity index (χ1n) is 25.3. The van der Waals surface area contributed by atoms with Crippen LogP contribution in [-0.2, 0) is 4.79 Å². The minimum atomic E-state index is -0.672. The van der Waals surface area contributed by atoms with E-state index >= 15 is 0 Å². The van der Waals surface area contributed by atoms with Crippen LogP contribution >= 0.6 is 0 Å². The Morgan fingerprint density at radius 1 is 0.439 bits per heavy atom. The third kappa shape index (κ3) is 45.3. The van der Waals surface area contributed by atoms with Crippen LogP contribution < -0.4 is 5.32 Å². The molecular weight excluding hydrogens is 699 g/mol. The Morgan fingerprint density at radius 2 is 0.772 bits per heavy atom. The molecule has 0 aromatic heterocycles. The van der Waals surface area contributed by atoms with Crippen molar-refractivity contribution >= 4 is 5.91 Å². The van der Waals surface area contributed by atoms with Crippen molar-refractivity contribution in [3.8, 4) is 0 Å². The molecule has 0 radical (unpaired) electrons. The molecule has 1 amide bonds. The van der Waals surface area contributed by atoms with Crippen molar-refractivity contribution in [2.24, 2.45) is 0 Å². The lowest BCUT2D eigenvalue weighted by Gasteiger charge is -2.22. The lowest BCUT2D eigenvalue weighted by molar-refractivity contribution is -0.123. The third-order valence-corrected chi connectivity index (χ3v) is 11.6. The van der Waals surface area contributed by atoms with Gasteiger partial charge in [0.2, 0.25) is 5.91 Å². The molecule has 0 saturated carbocycles. The summed E-state index contributed by atoms with van der Waals surface area (Å²) in [7, 11) is 0. The normalized spacial score (nSPS) is 13.3. The molecule has 0 aliphatic rings. The maximum atomic E-state index is 12.4. The van der Waals surface area contributed by atoms with Crippen LogP contribution in [-0.4, -0.2) is 34.9 Å². The fraction of sp³-hybridized carbons (Fsp3) is 0.830. The average Bonchev–Trinajstić information content (AvgIpc) is 3.22. The predicted molar refractivity (Wildman–Crippen MR) is 253 cm³/mol. The highest BCUT2D eigenvalue weighted by molar-refractivity contribution is 5.76. The van der Waals surface area contributed by atoms with Gasteiger partial charge in [0.25, 0.3) is 0 Å². The molecule has 2 atom stereocenters. The highest BCUT2D eigenvalue weighted by atomic mass is 16.3. The van der Waals surface area contributed by atoms with Crippen molar-refractivity contribution in [1.29, 1.82) is 0 Å². The molecule has 0 aliphatic heterocycles. The van der Waals surface area contributed by atoms with Crippen LogP contribution in [0.25, 0.3) is 0 Å². The van der Waals surface area contributed by atoms with Gasteiger partial charge >= 0.3 is 0 Å². The summed E-state index contributed by atoms with van der Waals surface area (Å²) >= 11 is 0. The van der Waals surface area contributed by atoms with Crippen LogP contribution in [0.15, 0.2) is 48.6 Å². The number of allylic oxidation sites excluding steroid dienone is 8. The number of nitrogens with one attached hydrogen (secondary N) is 1. The number of rotatable bonds is 46. The van der Waals surface area contributed by atoms with Gasteiger partial charge in [0.15, 0.2) is 0 Å². The molecule has 0 aliphatic carbocycles. The number of carbonyl (C=O) groups excluding carboxylic acids is 1. The summed E-state index contributed by atoms with van der Waals surface area (Å²) in [5, 5.41) is 23.2. The van der Waals surface area contributed by atoms with Gasteiger partial charge in [0.1, 0.15) is 0 Å². The van der Waals surface area contributed by atoms with Gasteiger partial charge in [-0.2, -0.15) is 0 Å². The Kier molecular flexibility index (Phi) is 47.3. The second-order valence-corrected chi connectivity index (χ2v) is 17.2. The molecule has 4 nitrogen and oxygen atoms in total. The molecule has 0 spiro atoms. The van der Waals surface area contributed by atoms with E-state index in [2.05, 4.69) is 67.8 Å². The zero-order valence-electron chi connectivity index (χ0n) is 38.4. The van der Waals surface area contributed by atoms with Crippen molar-refractivity contribution in [2.45, 2.75) is 276 Å².